The van der Waals surface area contributed by atoms with Crippen LogP contribution < -0.4 is 4.84 Å². The summed E-state index contributed by atoms with van der Waals surface area (Å²) >= 11 is 7.60. The van der Waals surface area contributed by atoms with Gasteiger partial charge in [-0.3, -0.25) is 0 Å². The van der Waals surface area contributed by atoms with E-state index in [1.165, 1.54) is 4.73 Å². The number of aromatic nitrogens is 1. The van der Waals surface area contributed by atoms with E-state index in [2.05, 4.69) is 25.6 Å². The van der Waals surface area contributed by atoms with E-state index < -0.39 is 6.09 Å². The van der Waals surface area contributed by atoms with Crippen LogP contribution in [0.3, 0.4) is 0 Å². The van der Waals surface area contributed by atoms with Crippen LogP contribution in [-0.4, -0.2) is 14.5 Å². The van der Waals surface area contributed by atoms with Crippen molar-refractivity contribution < 1.29 is 9.63 Å². The molecule has 0 aliphatic rings. The van der Waals surface area contributed by atoms with E-state index in [0.717, 1.165) is 25.5 Å². The van der Waals surface area contributed by atoms with Gasteiger partial charge in [0.1, 0.15) is 0 Å². The minimum absolute atomic E-state index is 0.668. The molecule has 1 aromatic heterocycles. The van der Waals surface area contributed by atoms with Crippen LogP contribution in [0.15, 0.2) is 48.5 Å². The van der Waals surface area contributed by atoms with E-state index in [-0.39, 0.29) is 0 Å². The van der Waals surface area contributed by atoms with Crippen molar-refractivity contribution in [3.63, 3.8) is 0 Å². The molecule has 0 bridgehead atoms. The van der Waals surface area contributed by atoms with Crippen molar-refractivity contribution >= 4 is 53.5 Å². The smallest absolute Gasteiger partial charge is 0.315 e. The quantitative estimate of drug-likeness (QED) is 0.674. The molecule has 19 heavy (non-hydrogen) atoms. The number of thiol groups is 2. The van der Waals surface area contributed by atoms with Gasteiger partial charge in [0.15, 0.2) is 0 Å². The van der Waals surface area contributed by atoms with Crippen molar-refractivity contribution in [2.24, 2.45) is 0 Å². The van der Waals surface area contributed by atoms with E-state index in [4.69, 9.17) is 4.84 Å². The molecule has 3 aromatic rings. The highest BCUT2D eigenvalue weighted by atomic mass is 32.2. The lowest BCUT2D eigenvalue weighted by Crippen LogP contribution is -2.24. The number of fused-ring (bicyclic) bond motifs is 3. The summed E-state index contributed by atoms with van der Waals surface area (Å²) < 4.78 is 2.29. The minimum atomic E-state index is -0.668. The Labute approximate surface area is 120 Å². The molecule has 0 N–H and O–H groups in total. The van der Waals surface area contributed by atoms with Gasteiger partial charge in [0.2, 0.25) is 0 Å². The number of para-hydroxylation sites is 2. The molecule has 0 saturated heterocycles. The number of nitrogens with zero attached hydrogens (tertiary/aromatic N) is 2. The van der Waals surface area contributed by atoms with Gasteiger partial charge in [-0.15, -0.1) is 0 Å². The van der Waals surface area contributed by atoms with Crippen LogP contribution in [0, 0.1) is 0 Å². The number of rotatable bonds is 1. The maximum Gasteiger partial charge on any atom is 0.454 e. The minimum Gasteiger partial charge on any atom is -0.315 e. The van der Waals surface area contributed by atoms with Crippen molar-refractivity contribution in [3.8, 4) is 0 Å². The molecule has 1 heterocycles. The van der Waals surface area contributed by atoms with Crippen LogP contribution >= 0.6 is 25.6 Å². The van der Waals surface area contributed by atoms with Crippen LogP contribution in [0.25, 0.3) is 21.8 Å². The fourth-order valence-electron chi connectivity index (χ4n) is 2.10. The zero-order valence-electron chi connectivity index (χ0n) is 9.72. The first kappa shape index (κ1) is 12.3. The lowest BCUT2D eigenvalue weighted by molar-refractivity contribution is 0.140. The third kappa shape index (κ3) is 2.02. The molecule has 1 amide bonds. The monoisotopic (exact) mass is 290 g/mol. The van der Waals surface area contributed by atoms with E-state index in [1.54, 1.807) is 0 Å². The topological polar surface area (TPSA) is 34.5 Å². The van der Waals surface area contributed by atoms with E-state index in [9.17, 15) is 4.79 Å². The Hall–Kier alpha value is -1.79. The summed E-state index contributed by atoms with van der Waals surface area (Å²) in [5, 5.41) is 2.05. The Kier molecular flexibility index (Phi) is 3.04. The normalized spacial score (nSPS) is 10.8. The SMILES string of the molecule is O=C(On1c2ccccc2c2ccccc21)N(S)S. The number of hydrogen-bond donors (Lipinski definition) is 2. The molecule has 2 aromatic carbocycles. The summed E-state index contributed by atoms with van der Waals surface area (Å²) in [6, 6.07) is 15.4. The first-order valence-electron chi connectivity index (χ1n) is 5.57. The van der Waals surface area contributed by atoms with Crippen LogP contribution in [0.1, 0.15) is 0 Å². The zero-order chi connectivity index (χ0) is 13.4. The van der Waals surface area contributed by atoms with Gasteiger partial charge in [0.05, 0.1) is 11.0 Å². The molecule has 0 unspecified atom stereocenters. The van der Waals surface area contributed by atoms with Crippen LogP contribution in [0.2, 0.25) is 0 Å². The van der Waals surface area contributed by atoms with Crippen molar-refractivity contribution in [1.82, 2.24) is 8.44 Å². The fraction of sp³-hybridized carbons (Fsp3) is 0. The van der Waals surface area contributed by atoms with E-state index in [0.29, 0.717) is 0 Å². The van der Waals surface area contributed by atoms with Crippen LogP contribution in [0.5, 0.6) is 0 Å². The molecule has 0 aliphatic heterocycles. The summed E-state index contributed by atoms with van der Waals surface area (Å²) in [6.07, 6.45) is -0.668. The summed E-state index contributed by atoms with van der Waals surface area (Å²) in [5.41, 5.74) is 1.64. The second-order valence-electron chi connectivity index (χ2n) is 3.98. The van der Waals surface area contributed by atoms with Crippen molar-refractivity contribution in [2.75, 3.05) is 0 Å². The van der Waals surface area contributed by atoms with Gasteiger partial charge in [-0.05, 0) is 37.8 Å². The average molecular weight is 290 g/mol. The maximum atomic E-state index is 11.6. The fourth-order valence-corrected chi connectivity index (χ4v) is 2.17. The number of carbonyl (C=O) groups excluding carboxylic acids is 1. The average Bonchev–Trinajstić information content (AvgIpc) is 2.74. The van der Waals surface area contributed by atoms with Gasteiger partial charge in [-0.25, -0.2) is 4.79 Å². The van der Waals surface area contributed by atoms with Crippen molar-refractivity contribution in [1.29, 1.82) is 0 Å². The van der Waals surface area contributed by atoms with Gasteiger partial charge < -0.3 is 4.84 Å². The molecule has 0 radical (unpaired) electrons. The Morgan fingerprint density at radius 2 is 1.42 bits per heavy atom. The molecule has 0 atom stereocenters. The van der Waals surface area contributed by atoms with Crippen molar-refractivity contribution in [2.45, 2.75) is 0 Å². The van der Waals surface area contributed by atoms with Gasteiger partial charge in [-0.1, -0.05) is 36.4 Å². The molecule has 3 rings (SSSR count). The molecule has 0 spiro atoms. The lowest BCUT2D eigenvalue weighted by atomic mass is 10.2. The summed E-state index contributed by atoms with van der Waals surface area (Å²) in [6.45, 7) is 0. The Balaban J connectivity index is 2.28. The highest BCUT2D eigenvalue weighted by Gasteiger charge is 2.15. The number of amides is 1. The second-order valence-corrected chi connectivity index (χ2v) is 5.09. The van der Waals surface area contributed by atoms with Gasteiger partial charge >= 0.3 is 6.09 Å². The van der Waals surface area contributed by atoms with Gasteiger partial charge in [0, 0.05) is 10.8 Å². The first-order valence-corrected chi connectivity index (χ1v) is 6.37. The van der Waals surface area contributed by atoms with Crippen molar-refractivity contribution in [3.05, 3.63) is 48.5 Å². The molecule has 0 aliphatic carbocycles. The Morgan fingerprint density at radius 1 is 0.947 bits per heavy atom. The largest absolute Gasteiger partial charge is 0.454 e. The van der Waals surface area contributed by atoms with Crippen LogP contribution in [-0.2, 0) is 0 Å². The summed E-state index contributed by atoms with van der Waals surface area (Å²) in [7, 11) is 0. The molecule has 0 saturated carbocycles. The van der Waals surface area contributed by atoms with Gasteiger partial charge in [-0.2, -0.15) is 8.44 Å². The molecular weight excluding hydrogens is 280 g/mol. The van der Waals surface area contributed by atoms with E-state index in [1.807, 2.05) is 48.5 Å². The zero-order valence-corrected chi connectivity index (χ0v) is 11.5. The summed E-state index contributed by atoms with van der Waals surface area (Å²) in [4.78, 5) is 16.9. The molecule has 4 nitrogen and oxygen atoms in total. The maximum absolute atomic E-state index is 11.6. The highest BCUT2D eigenvalue weighted by molar-refractivity contribution is 7.94. The van der Waals surface area contributed by atoms with E-state index >= 15 is 0 Å². The Bertz CT molecular complexity index is 714. The molecule has 0 fully saturated rings. The standard InChI is InChI=1S/C13H10N2O2S2/c16-13(15(18)19)17-14-11-7-3-1-5-9(11)10-6-2-4-8-12(10)14/h1-8,18-19H. The van der Waals surface area contributed by atoms with Gasteiger partial charge in [0.25, 0.3) is 0 Å². The first-order chi connectivity index (χ1) is 9.18. The number of benzene rings is 2. The number of hydrogen-bond acceptors (Lipinski definition) is 4. The predicted octanol–water partition coefficient (Wildman–Crippen LogP) is 3.33. The highest BCUT2D eigenvalue weighted by Crippen LogP contribution is 2.27. The Morgan fingerprint density at radius 3 is 1.89 bits per heavy atom. The summed E-state index contributed by atoms with van der Waals surface area (Å²) in [5.74, 6) is 0. The second kappa shape index (κ2) is 4.71. The lowest BCUT2D eigenvalue weighted by Gasteiger charge is -2.10. The van der Waals surface area contributed by atoms with Crippen LogP contribution in [0.4, 0.5) is 4.79 Å². The molecular formula is C13H10N2O2S2. The molecule has 96 valence electrons. The third-order valence-corrected chi connectivity index (χ3v) is 3.20. The number of carbonyl (C=O) groups is 1. The predicted molar refractivity (Wildman–Crippen MR) is 81.2 cm³/mol. The third-order valence-electron chi connectivity index (χ3n) is 2.87. The molecule has 6 heteroatoms.